The molecule has 1 aliphatic carbocycles. The Morgan fingerprint density at radius 2 is 1.22 bits per heavy atom. The second-order valence-corrected chi connectivity index (χ2v) is 2.42. The summed E-state index contributed by atoms with van der Waals surface area (Å²) in [5.74, 6) is 0. The zero-order chi connectivity index (χ0) is 5.98. The van der Waals surface area contributed by atoms with E-state index in [2.05, 4.69) is 0 Å². The molecule has 0 radical (unpaired) electrons. The molecule has 52 valence electrons. The normalized spacial score (nSPS) is 35.3. The van der Waals surface area contributed by atoms with E-state index in [-0.39, 0.29) is 37.7 Å². The van der Waals surface area contributed by atoms with E-state index in [1.54, 1.807) is 0 Å². The van der Waals surface area contributed by atoms with Gasteiger partial charge in [-0.05, 0) is 12.8 Å². The van der Waals surface area contributed by atoms with Crippen LogP contribution in [0.15, 0.2) is 0 Å². The van der Waals surface area contributed by atoms with Gasteiger partial charge in [-0.3, -0.25) is 0 Å². The van der Waals surface area contributed by atoms with Gasteiger partial charge in [-0.25, -0.2) is 0 Å². The molecule has 9 heavy (non-hydrogen) atoms. The maximum absolute atomic E-state index is 8.93. The quantitative estimate of drug-likeness (QED) is 0.461. The van der Waals surface area contributed by atoms with Crippen molar-refractivity contribution >= 4 is 37.7 Å². The summed E-state index contributed by atoms with van der Waals surface area (Å²) in [6.45, 7) is 0. The average Bonchev–Trinajstić information content (AvgIpc) is 1.77. The number of hydrogen-bond acceptors (Lipinski definition) is 2. The molecular formula is C6H14CaO2. The Kier molecular flexibility index (Phi) is 5.56. The van der Waals surface area contributed by atoms with Gasteiger partial charge < -0.3 is 10.2 Å². The molecule has 0 spiro atoms. The van der Waals surface area contributed by atoms with Crippen molar-refractivity contribution in [2.45, 2.75) is 37.9 Å². The molecule has 0 saturated heterocycles. The molecule has 0 amide bonds. The fourth-order valence-electron chi connectivity index (χ4n) is 1.09. The number of aliphatic hydroxyl groups is 2. The van der Waals surface area contributed by atoms with E-state index in [9.17, 15) is 0 Å². The van der Waals surface area contributed by atoms with Crippen molar-refractivity contribution in [3.63, 3.8) is 0 Å². The standard InChI is InChI=1S/C6H12O2.Ca.2H/c7-5-3-1-2-4-6(5)8;;;/h5-8H,1-4H2;;;. The Balaban J connectivity index is 0.000000640. The van der Waals surface area contributed by atoms with Crippen LogP contribution in [-0.2, 0) is 0 Å². The van der Waals surface area contributed by atoms with Gasteiger partial charge in [0.25, 0.3) is 0 Å². The second kappa shape index (κ2) is 4.91. The Morgan fingerprint density at radius 3 is 1.44 bits per heavy atom. The molecule has 2 nitrogen and oxygen atoms in total. The molecule has 1 aliphatic rings. The first-order valence-electron chi connectivity index (χ1n) is 3.17. The third-order valence-corrected chi connectivity index (χ3v) is 1.69. The fourth-order valence-corrected chi connectivity index (χ4v) is 1.09. The molecule has 0 aromatic rings. The summed E-state index contributed by atoms with van der Waals surface area (Å²) in [4.78, 5) is 0. The van der Waals surface area contributed by atoms with E-state index in [1.165, 1.54) is 0 Å². The van der Waals surface area contributed by atoms with Gasteiger partial charge in [0.15, 0.2) is 0 Å². The van der Waals surface area contributed by atoms with Crippen molar-refractivity contribution in [1.29, 1.82) is 0 Å². The molecule has 1 rings (SSSR count). The Bertz CT molecular complexity index is 67.5. The average molecular weight is 158 g/mol. The predicted octanol–water partition coefficient (Wildman–Crippen LogP) is -0.634. The van der Waals surface area contributed by atoms with Crippen LogP contribution in [0.4, 0.5) is 0 Å². The van der Waals surface area contributed by atoms with Crippen LogP contribution in [-0.4, -0.2) is 60.2 Å². The van der Waals surface area contributed by atoms with Crippen molar-refractivity contribution in [3.8, 4) is 0 Å². The first-order chi connectivity index (χ1) is 3.80. The summed E-state index contributed by atoms with van der Waals surface area (Å²) in [7, 11) is 0. The molecule has 1 fully saturated rings. The zero-order valence-electron chi connectivity index (χ0n) is 4.88. The third kappa shape index (κ3) is 3.19. The summed E-state index contributed by atoms with van der Waals surface area (Å²) in [6.07, 6.45) is 2.81. The van der Waals surface area contributed by atoms with Gasteiger partial charge in [0.2, 0.25) is 0 Å². The topological polar surface area (TPSA) is 40.5 Å². The van der Waals surface area contributed by atoms with Gasteiger partial charge in [-0.1, -0.05) is 12.8 Å². The van der Waals surface area contributed by atoms with Crippen LogP contribution in [0.2, 0.25) is 0 Å². The molecule has 0 bridgehead atoms. The van der Waals surface area contributed by atoms with Crippen LogP contribution in [0.1, 0.15) is 25.7 Å². The zero-order valence-corrected chi connectivity index (χ0v) is 4.88. The van der Waals surface area contributed by atoms with Gasteiger partial charge in [-0.15, -0.1) is 0 Å². The summed E-state index contributed by atoms with van der Waals surface area (Å²) < 4.78 is 0. The van der Waals surface area contributed by atoms with E-state index in [4.69, 9.17) is 10.2 Å². The third-order valence-electron chi connectivity index (χ3n) is 1.69. The van der Waals surface area contributed by atoms with Crippen molar-refractivity contribution in [1.82, 2.24) is 0 Å². The molecular weight excluding hydrogens is 144 g/mol. The van der Waals surface area contributed by atoms with Gasteiger partial charge in [-0.2, -0.15) is 0 Å². The van der Waals surface area contributed by atoms with Crippen LogP contribution in [0.5, 0.6) is 0 Å². The molecule has 1 saturated carbocycles. The van der Waals surface area contributed by atoms with Crippen LogP contribution >= 0.6 is 0 Å². The van der Waals surface area contributed by atoms with Crippen LogP contribution < -0.4 is 0 Å². The monoisotopic (exact) mass is 158 g/mol. The fraction of sp³-hybridized carbons (Fsp3) is 1.00. The molecule has 2 atom stereocenters. The first kappa shape index (κ1) is 10.2. The number of aliphatic hydroxyl groups excluding tert-OH is 2. The minimum absolute atomic E-state index is 0. The van der Waals surface area contributed by atoms with E-state index < -0.39 is 12.2 Å². The van der Waals surface area contributed by atoms with Crippen molar-refractivity contribution in [2.24, 2.45) is 0 Å². The first-order valence-corrected chi connectivity index (χ1v) is 3.17. The Labute approximate surface area is 85.3 Å². The molecule has 2 N–H and O–H groups in total. The van der Waals surface area contributed by atoms with Crippen molar-refractivity contribution in [2.75, 3.05) is 0 Å². The summed E-state index contributed by atoms with van der Waals surface area (Å²) >= 11 is 0. The molecule has 0 aliphatic heterocycles. The van der Waals surface area contributed by atoms with Crippen LogP contribution in [0.3, 0.4) is 0 Å². The summed E-state index contributed by atoms with van der Waals surface area (Å²) in [5.41, 5.74) is 0. The van der Waals surface area contributed by atoms with Gasteiger partial charge in [0.1, 0.15) is 0 Å². The Hall–Kier alpha value is 1.18. The minimum atomic E-state index is -0.441. The number of hydrogen-bond donors (Lipinski definition) is 2. The Morgan fingerprint density at radius 1 is 0.889 bits per heavy atom. The van der Waals surface area contributed by atoms with Gasteiger partial charge >= 0.3 is 37.7 Å². The van der Waals surface area contributed by atoms with Crippen molar-refractivity contribution < 1.29 is 10.2 Å². The van der Waals surface area contributed by atoms with Gasteiger partial charge in [0, 0.05) is 0 Å². The maximum atomic E-state index is 8.93. The van der Waals surface area contributed by atoms with Crippen LogP contribution in [0, 0.1) is 0 Å². The second-order valence-electron chi connectivity index (χ2n) is 2.42. The molecule has 3 heteroatoms. The van der Waals surface area contributed by atoms with Crippen LogP contribution in [0.25, 0.3) is 0 Å². The molecule has 0 aromatic carbocycles. The van der Waals surface area contributed by atoms with E-state index in [1.807, 2.05) is 0 Å². The van der Waals surface area contributed by atoms with Gasteiger partial charge in [0.05, 0.1) is 12.2 Å². The summed E-state index contributed by atoms with van der Waals surface area (Å²) in [6, 6.07) is 0. The van der Waals surface area contributed by atoms with E-state index >= 15 is 0 Å². The molecule has 2 unspecified atom stereocenters. The summed E-state index contributed by atoms with van der Waals surface area (Å²) in [5, 5.41) is 17.9. The molecule has 0 heterocycles. The van der Waals surface area contributed by atoms with Crippen molar-refractivity contribution in [3.05, 3.63) is 0 Å². The predicted molar refractivity (Wildman–Crippen MR) is 39.0 cm³/mol. The number of rotatable bonds is 0. The SMILES string of the molecule is OC1CCCCC1O.[CaH2]. The van der Waals surface area contributed by atoms with E-state index in [0.717, 1.165) is 25.7 Å². The van der Waals surface area contributed by atoms with E-state index in [0.29, 0.717) is 0 Å². The molecule has 0 aromatic heterocycles.